The second kappa shape index (κ2) is 10.8. The molecule has 1 aromatic rings. The van der Waals surface area contributed by atoms with Crippen LogP contribution in [0.4, 0.5) is 10.1 Å². The highest BCUT2D eigenvalue weighted by Crippen LogP contribution is 2.31. The predicted octanol–water partition coefficient (Wildman–Crippen LogP) is 0.902. The number of hydrogen-bond donors (Lipinski definition) is 3. The number of ether oxygens (including phenoxy) is 1. The van der Waals surface area contributed by atoms with E-state index in [2.05, 4.69) is 25.4 Å². The van der Waals surface area contributed by atoms with Gasteiger partial charge in [0.05, 0.1) is 6.61 Å². The molecule has 2 fully saturated rings. The summed E-state index contributed by atoms with van der Waals surface area (Å²) < 4.78 is 18.6. The monoisotopic (exact) mass is 407 g/mol. The van der Waals surface area contributed by atoms with Gasteiger partial charge in [-0.2, -0.15) is 0 Å². The Labute approximate surface area is 172 Å². The number of piperazine rings is 1. The summed E-state index contributed by atoms with van der Waals surface area (Å²) in [6, 6.07) is 6.74. The molecule has 3 N–H and O–H groups in total. The van der Waals surface area contributed by atoms with E-state index in [1.54, 1.807) is 7.05 Å². The van der Waals surface area contributed by atoms with Crippen molar-refractivity contribution in [2.24, 2.45) is 10.4 Å². The number of anilines is 1. The van der Waals surface area contributed by atoms with Crippen LogP contribution in [0.15, 0.2) is 29.3 Å². The van der Waals surface area contributed by atoms with Gasteiger partial charge in [-0.25, -0.2) is 4.39 Å². The third-order valence-electron chi connectivity index (χ3n) is 5.97. The van der Waals surface area contributed by atoms with E-state index < -0.39 is 0 Å². The van der Waals surface area contributed by atoms with E-state index in [1.165, 1.54) is 12.1 Å². The Bertz CT molecular complexity index is 641. The van der Waals surface area contributed by atoms with E-state index in [-0.39, 0.29) is 17.8 Å². The molecule has 0 saturated carbocycles. The molecule has 3 rings (SSSR count). The molecule has 1 aromatic carbocycles. The number of halogens is 1. The van der Waals surface area contributed by atoms with Crippen molar-refractivity contribution in [3.05, 3.63) is 30.1 Å². The minimum absolute atomic E-state index is 0.00303. The zero-order chi connectivity index (χ0) is 20.5. The number of aliphatic imine (C=N–C) groups is 1. The quantitative estimate of drug-likeness (QED) is 0.439. The van der Waals surface area contributed by atoms with Crippen LogP contribution < -0.4 is 15.5 Å². The van der Waals surface area contributed by atoms with E-state index >= 15 is 0 Å². The molecule has 162 valence electrons. The van der Waals surface area contributed by atoms with Gasteiger partial charge in [-0.05, 0) is 37.1 Å². The Morgan fingerprint density at radius 2 is 1.97 bits per heavy atom. The summed E-state index contributed by atoms with van der Waals surface area (Å²) in [5.41, 5.74) is 1.09. The first kappa shape index (κ1) is 21.8. The Morgan fingerprint density at radius 3 is 2.59 bits per heavy atom. The van der Waals surface area contributed by atoms with Gasteiger partial charge in [-0.1, -0.05) is 0 Å². The number of rotatable bonds is 8. The van der Waals surface area contributed by atoms with Gasteiger partial charge < -0.3 is 25.4 Å². The van der Waals surface area contributed by atoms with Crippen LogP contribution in [0.1, 0.15) is 12.8 Å². The minimum atomic E-state index is -0.191. The maximum absolute atomic E-state index is 13.1. The SMILES string of the molecule is CN=C(NCCN1CCN(c2ccc(F)cc2)CC1)NCC1(CCO)CCOC1. The fourth-order valence-corrected chi connectivity index (χ4v) is 4.02. The molecule has 8 heteroatoms. The number of nitrogens with one attached hydrogen (secondary N) is 2. The van der Waals surface area contributed by atoms with E-state index in [0.29, 0.717) is 6.61 Å². The summed E-state index contributed by atoms with van der Waals surface area (Å²) in [6.07, 6.45) is 1.71. The maximum atomic E-state index is 13.1. The van der Waals surface area contributed by atoms with Gasteiger partial charge >= 0.3 is 0 Å². The molecule has 2 saturated heterocycles. The average Bonchev–Trinajstić information content (AvgIpc) is 3.21. The number of benzene rings is 1. The lowest BCUT2D eigenvalue weighted by atomic mass is 9.84. The molecule has 0 radical (unpaired) electrons. The first-order valence-corrected chi connectivity index (χ1v) is 10.5. The van der Waals surface area contributed by atoms with Crippen molar-refractivity contribution in [3.8, 4) is 0 Å². The van der Waals surface area contributed by atoms with Crippen LogP contribution in [0.5, 0.6) is 0 Å². The Balaban J connectivity index is 1.35. The fourth-order valence-electron chi connectivity index (χ4n) is 4.02. The normalized spacial score (nSPS) is 23.4. The average molecular weight is 408 g/mol. The van der Waals surface area contributed by atoms with E-state index in [1.807, 2.05) is 12.1 Å². The third-order valence-corrected chi connectivity index (χ3v) is 5.97. The van der Waals surface area contributed by atoms with Crippen molar-refractivity contribution in [1.29, 1.82) is 0 Å². The second-order valence-electron chi connectivity index (χ2n) is 7.93. The largest absolute Gasteiger partial charge is 0.396 e. The number of aliphatic hydroxyl groups excluding tert-OH is 1. The number of aliphatic hydroxyl groups is 1. The summed E-state index contributed by atoms with van der Waals surface area (Å²) >= 11 is 0. The molecule has 2 aliphatic rings. The van der Waals surface area contributed by atoms with Gasteiger partial charge in [-0.3, -0.25) is 9.89 Å². The second-order valence-corrected chi connectivity index (χ2v) is 7.93. The first-order valence-electron chi connectivity index (χ1n) is 10.5. The molecule has 7 nitrogen and oxygen atoms in total. The maximum Gasteiger partial charge on any atom is 0.191 e. The number of hydrogen-bond acceptors (Lipinski definition) is 5. The van der Waals surface area contributed by atoms with Gasteiger partial charge in [0.15, 0.2) is 5.96 Å². The zero-order valence-corrected chi connectivity index (χ0v) is 17.4. The van der Waals surface area contributed by atoms with E-state index in [4.69, 9.17) is 4.74 Å². The van der Waals surface area contributed by atoms with Crippen LogP contribution in [-0.4, -0.2) is 88.6 Å². The molecule has 0 aliphatic carbocycles. The number of guanidine groups is 1. The first-order chi connectivity index (χ1) is 14.1. The van der Waals surface area contributed by atoms with E-state index in [0.717, 1.165) is 76.9 Å². The molecular formula is C21H34FN5O2. The van der Waals surface area contributed by atoms with Crippen LogP contribution in [0.2, 0.25) is 0 Å². The van der Waals surface area contributed by atoms with Crippen LogP contribution in [0, 0.1) is 11.2 Å². The standard InChI is InChI=1S/C21H34FN5O2/c1-23-20(25-16-21(6-14-28)7-15-29-17-21)24-8-9-26-10-12-27(13-11-26)19-4-2-18(22)3-5-19/h2-5,28H,6-17H2,1H3,(H2,23,24,25). The summed E-state index contributed by atoms with van der Waals surface area (Å²) in [5.74, 6) is 0.599. The lowest BCUT2D eigenvalue weighted by Crippen LogP contribution is -2.50. The Hall–Kier alpha value is -1.90. The molecule has 2 heterocycles. The lowest BCUT2D eigenvalue weighted by molar-refractivity contribution is 0.127. The molecular weight excluding hydrogens is 373 g/mol. The van der Waals surface area contributed by atoms with Crippen molar-refractivity contribution in [2.45, 2.75) is 12.8 Å². The molecule has 0 amide bonds. The van der Waals surface area contributed by atoms with Gasteiger partial charge in [0.25, 0.3) is 0 Å². The molecule has 0 bridgehead atoms. The van der Waals surface area contributed by atoms with E-state index in [9.17, 15) is 9.50 Å². The van der Waals surface area contributed by atoms with Gasteiger partial charge in [0.1, 0.15) is 5.82 Å². The van der Waals surface area contributed by atoms with Crippen LogP contribution in [0.25, 0.3) is 0 Å². The summed E-state index contributed by atoms with van der Waals surface area (Å²) in [4.78, 5) is 9.04. The molecule has 2 aliphatic heterocycles. The van der Waals surface area contributed by atoms with Crippen LogP contribution in [-0.2, 0) is 4.74 Å². The molecule has 1 atom stereocenters. The van der Waals surface area contributed by atoms with Crippen molar-refractivity contribution in [3.63, 3.8) is 0 Å². The van der Waals surface area contributed by atoms with Crippen molar-refractivity contribution >= 4 is 11.6 Å². The summed E-state index contributed by atoms with van der Waals surface area (Å²) in [6.45, 7) is 8.02. The smallest absolute Gasteiger partial charge is 0.191 e. The zero-order valence-electron chi connectivity index (χ0n) is 17.4. The van der Waals surface area contributed by atoms with Crippen LogP contribution >= 0.6 is 0 Å². The van der Waals surface area contributed by atoms with Crippen molar-refractivity contribution in [1.82, 2.24) is 15.5 Å². The molecule has 0 aromatic heterocycles. The van der Waals surface area contributed by atoms with Crippen molar-refractivity contribution < 1.29 is 14.2 Å². The summed E-state index contributed by atoms with van der Waals surface area (Å²) in [5, 5.41) is 16.1. The lowest BCUT2D eigenvalue weighted by Gasteiger charge is -2.36. The summed E-state index contributed by atoms with van der Waals surface area (Å²) in [7, 11) is 1.78. The van der Waals surface area contributed by atoms with Crippen LogP contribution in [0.3, 0.4) is 0 Å². The van der Waals surface area contributed by atoms with Gasteiger partial charge in [0, 0.05) is 77.2 Å². The van der Waals surface area contributed by atoms with Gasteiger partial charge in [-0.15, -0.1) is 0 Å². The molecule has 1 unspecified atom stereocenters. The third kappa shape index (κ3) is 6.29. The number of nitrogens with zero attached hydrogens (tertiary/aromatic N) is 3. The van der Waals surface area contributed by atoms with Crippen molar-refractivity contribution in [2.75, 3.05) is 77.6 Å². The predicted molar refractivity (Wildman–Crippen MR) is 114 cm³/mol. The Morgan fingerprint density at radius 1 is 1.21 bits per heavy atom. The minimum Gasteiger partial charge on any atom is -0.396 e. The Kier molecular flexibility index (Phi) is 8.09. The molecule has 29 heavy (non-hydrogen) atoms. The highest BCUT2D eigenvalue weighted by atomic mass is 19.1. The van der Waals surface area contributed by atoms with Gasteiger partial charge in [0.2, 0.25) is 0 Å². The highest BCUT2D eigenvalue weighted by Gasteiger charge is 2.34. The topological polar surface area (TPSA) is 72.4 Å². The fraction of sp³-hybridized carbons (Fsp3) is 0.667. The molecule has 0 spiro atoms. The highest BCUT2D eigenvalue weighted by molar-refractivity contribution is 5.79.